The Kier molecular flexibility index (Phi) is 4.61. The number of fused-ring (bicyclic) bond motifs is 1. The molecule has 0 saturated heterocycles. The van der Waals surface area contributed by atoms with Crippen molar-refractivity contribution in [3.8, 4) is 0 Å². The Balaban J connectivity index is 1.91. The van der Waals surface area contributed by atoms with E-state index in [1.54, 1.807) is 4.90 Å². The van der Waals surface area contributed by atoms with Gasteiger partial charge >= 0.3 is 0 Å². The fourth-order valence-corrected chi connectivity index (χ4v) is 4.50. The zero-order chi connectivity index (χ0) is 19.8. The second kappa shape index (κ2) is 7.09. The van der Waals surface area contributed by atoms with Crippen molar-refractivity contribution in [3.05, 3.63) is 82.4 Å². The summed E-state index contributed by atoms with van der Waals surface area (Å²) in [5.41, 5.74) is 11.7. The largest absolute Gasteiger partial charge is 0.397 e. The summed E-state index contributed by atoms with van der Waals surface area (Å²) in [4.78, 5) is 21.3. The number of anilines is 3. The third kappa shape index (κ3) is 2.94. The van der Waals surface area contributed by atoms with Crippen LogP contribution in [0.15, 0.2) is 60.7 Å². The number of rotatable bonds is 3. The topological polar surface area (TPSA) is 59.2 Å². The first-order valence-corrected chi connectivity index (χ1v) is 9.91. The van der Waals surface area contributed by atoms with Gasteiger partial charge in [-0.05, 0) is 56.2 Å². The zero-order valence-electron chi connectivity index (χ0n) is 16.1. The Morgan fingerprint density at radius 1 is 0.893 bits per heavy atom. The van der Waals surface area contributed by atoms with Crippen LogP contribution in [0.4, 0.5) is 17.1 Å². The van der Waals surface area contributed by atoms with E-state index in [-0.39, 0.29) is 5.91 Å². The summed E-state index contributed by atoms with van der Waals surface area (Å²) in [6.07, 6.45) is 0. The maximum Gasteiger partial charge on any atom is 0.275 e. The van der Waals surface area contributed by atoms with Gasteiger partial charge in [0.1, 0.15) is 9.71 Å². The fourth-order valence-electron chi connectivity index (χ4n) is 3.37. The lowest BCUT2D eigenvalue weighted by molar-refractivity contribution is 0.100. The van der Waals surface area contributed by atoms with Gasteiger partial charge in [0.15, 0.2) is 0 Å². The smallest absolute Gasteiger partial charge is 0.275 e. The summed E-state index contributed by atoms with van der Waals surface area (Å²) in [6.45, 7) is 6.06. The van der Waals surface area contributed by atoms with Gasteiger partial charge in [-0.2, -0.15) is 0 Å². The summed E-state index contributed by atoms with van der Waals surface area (Å²) in [5, 5.41) is 0.887. The third-order valence-corrected chi connectivity index (χ3v) is 6.19. The molecule has 2 heterocycles. The van der Waals surface area contributed by atoms with Crippen LogP contribution in [0.3, 0.4) is 0 Å². The molecule has 4 rings (SSSR count). The number of nitrogen functional groups attached to an aromatic ring is 1. The summed E-state index contributed by atoms with van der Waals surface area (Å²) < 4.78 is 0. The molecule has 4 nitrogen and oxygen atoms in total. The van der Waals surface area contributed by atoms with Crippen LogP contribution in [0.25, 0.3) is 10.2 Å². The molecule has 0 radical (unpaired) electrons. The number of aromatic nitrogens is 1. The average molecular weight is 388 g/mol. The lowest BCUT2D eigenvalue weighted by atomic mass is 10.1. The van der Waals surface area contributed by atoms with Crippen LogP contribution in [0, 0.1) is 20.8 Å². The van der Waals surface area contributed by atoms with Gasteiger partial charge in [-0.1, -0.05) is 36.4 Å². The van der Waals surface area contributed by atoms with Gasteiger partial charge in [0, 0.05) is 22.5 Å². The van der Waals surface area contributed by atoms with Crippen molar-refractivity contribution in [2.45, 2.75) is 20.8 Å². The van der Waals surface area contributed by atoms with Crippen molar-refractivity contribution >= 4 is 44.5 Å². The summed E-state index contributed by atoms with van der Waals surface area (Å²) in [6, 6.07) is 19.2. The van der Waals surface area contributed by atoms with E-state index in [9.17, 15) is 4.79 Å². The average Bonchev–Trinajstić information content (AvgIpc) is 3.04. The third-order valence-electron chi connectivity index (χ3n) is 5.10. The van der Waals surface area contributed by atoms with Crippen molar-refractivity contribution in [1.82, 2.24) is 4.98 Å². The number of thiophene rings is 1. The van der Waals surface area contributed by atoms with Crippen LogP contribution in [-0.2, 0) is 0 Å². The molecule has 0 atom stereocenters. The molecule has 140 valence electrons. The molecule has 4 aromatic rings. The Morgan fingerprint density at radius 3 is 1.96 bits per heavy atom. The maximum absolute atomic E-state index is 13.6. The highest BCUT2D eigenvalue weighted by atomic mass is 32.1. The quantitative estimate of drug-likeness (QED) is 0.484. The standard InChI is InChI=1S/C23H21N3OS/c1-14-15(2)19-20(24)21(28-22(19)25-16(14)3)23(27)26(17-10-6-4-7-11-17)18-12-8-5-9-13-18/h4-13H,24H2,1-3H3. The lowest BCUT2D eigenvalue weighted by Crippen LogP contribution is -2.25. The lowest BCUT2D eigenvalue weighted by Gasteiger charge is -2.22. The number of hydrogen-bond acceptors (Lipinski definition) is 4. The minimum absolute atomic E-state index is 0.146. The Morgan fingerprint density at radius 2 is 1.43 bits per heavy atom. The van der Waals surface area contributed by atoms with Crippen molar-refractivity contribution in [1.29, 1.82) is 0 Å². The Bertz CT molecular complexity index is 1130. The van der Waals surface area contributed by atoms with Crippen LogP contribution in [-0.4, -0.2) is 10.9 Å². The molecule has 0 aliphatic carbocycles. The van der Waals surface area contributed by atoms with Crippen LogP contribution in [0.2, 0.25) is 0 Å². The normalized spacial score (nSPS) is 11.0. The fraction of sp³-hybridized carbons (Fsp3) is 0.130. The highest BCUT2D eigenvalue weighted by Gasteiger charge is 2.26. The molecule has 0 spiro atoms. The number of carbonyl (C=O) groups excluding carboxylic acids is 1. The number of benzene rings is 2. The van der Waals surface area contributed by atoms with Gasteiger partial charge < -0.3 is 5.73 Å². The Labute approximate surface area is 168 Å². The van der Waals surface area contributed by atoms with E-state index in [1.807, 2.05) is 81.4 Å². The van der Waals surface area contributed by atoms with Crippen LogP contribution in [0.5, 0.6) is 0 Å². The molecular weight excluding hydrogens is 366 g/mol. The zero-order valence-corrected chi connectivity index (χ0v) is 16.9. The molecule has 0 aliphatic rings. The maximum atomic E-state index is 13.6. The molecule has 0 bridgehead atoms. The van der Waals surface area contributed by atoms with E-state index >= 15 is 0 Å². The predicted octanol–water partition coefficient (Wildman–Crippen LogP) is 5.78. The highest BCUT2D eigenvalue weighted by molar-refractivity contribution is 7.21. The van der Waals surface area contributed by atoms with Crippen molar-refractivity contribution < 1.29 is 4.79 Å². The summed E-state index contributed by atoms with van der Waals surface area (Å²) in [5.74, 6) is -0.146. The van der Waals surface area contributed by atoms with Gasteiger partial charge in [0.2, 0.25) is 0 Å². The molecule has 1 amide bonds. The van der Waals surface area contributed by atoms with Crippen molar-refractivity contribution in [2.24, 2.45) is 0 Å². The van der Waals surface area contributed by atoms with Crippen molar-refractivity contribution in [3.63, 3.8) is 0 Å². The first-order chi connectivity index (χ1) is 13.5. The molecule has 2 aromatic heterocycles. The summed E-state index contributed by atoms with van der Waals surface area (Å²) >= 11 is 1.36. The highest BCUT2D eigenvalue weighted by Crippen LogP contribution is 2.39. The minimum atomic E-state index is -0.146. The SMILES string of the molecule is Cc1nc2sc(C(=O)N(c3ccccc3)c3ccccc3)c(N)c2c(C)c1C. The number of amides is 1. The predicted molar refractivity (Wildman–Crippen MR) is 118 cm³/mol. The molecule has 0 fully saturated rings. The first-order valence-electron chi connectivity index (χ1n) is 9.09. The van der Waals surface area contributed by atoms with Gasteiger partial charge in [-0.25, -0.2) is 4.98 Å². The van der Waals surface area contributed by atoms with Gasteiger partial charge in [0.25, 0.3) is 5.91 Å². The number of carbonyl (C=O) groups is 1. The van der Waals surface area contributed by atoms with Gasteiger partial charge in [-0.3, -0.25) is 9.69 Å². The molecule has 28 heavy (non-hydrogen) atoms. The summed E-state index contributed by atoms with van der Waals surface area (Å²) in [7, 11) is 0. The van der Waals surface area contributed by atoms with Crippen LogP contribution < -0.4 is 10.6 Å². The minimum Gasteiger partial charge on any atom is -0.397 e. The Hall–Kier alpha value is -3.18. The molecule has 0 saturated carbocycles. The monoisotopic (exact) mass is 387 g/mol. The van der Waals surface area contributed by atoms with E-state index in [1.165, 1.54) is 11.3 Å². The number of para-hydroxylation sites is 2. The molecule has 0 unspecified atom stereocenters. The molecule has 5 heteroatoms. The van der Waals surface area contributed by atoms with Crippen LogP contribution >= 0.6 is 11.3 Å². The number of aryl methyl sites for hydroxylation is 2. The second-order valence-electron chi connectivity index (χ2n) is 6.78. The van der Waals surface area contributed by atoms with E-state index < -0.39 is 0 Å². The van der Waals surface area contributed by atoms with E-state index in [0.717, 1.165) is 38.4 Å². The van der Waals surface area contributed by atoms with E-state index in [0.29, 0.717) is 10.6 Å². The van der Waals surface area contributed by atoms with Gasteiger partial charge in [0.05, 0.1) is 5.69 Å². The molecule has 2 N–H and O–H groups in total. The molecule has 2 aromatic carbocycles. The first kappa shape index (κ1) is 18.2. The van der Waals surface area contributed by atoms with Crippen LogP contribution in [0.1, 0.15) is 26.5 Å². The van der Waals surface area contributed by atoms with Gasteiger partial charge in [-0.15, -0.1) is 11.3 Å². The molecule has 0 aliphatic heterocycles. The van der Waals surface area contributed by atoms with E-state index in [2.05, 4.69) is 4.98 Å². The number of pyridine rings is 1. The molecular formula is C23H21N3OS. The second-order valence-corrected chi connectivity index (χ2v) is 7.78. The van der Waals surface area contributed by atoms with Crippen molar-refractivity contribution in [2.75, 3.05) is 10.6 Å². The van der Waals surface area contributed by atoms with E-state index in [4.69, 9.17) is 5.73 Å². The number of nitrogens with two attached hydrogens (primary N) is 1. The number of nitrogens with zero attached hydrogens (tertiary/aromatic N) is 2. The number of hydrogen-bond donors (Lipinski definition) is 1.